The summed E-state index contributed by atoms with van der Waals surface area (Å²) in [6.07, 6.45) is 1.09. The molecule has 0 spiro atoms. The van der Waals surface area contributed by atoms with E-state index in [2.05, 4.69) is 12.2 Å². The van der Waals surface area contributed by atoms with Gasteiger partial charge in [0.25, 0.3) is 0 Å². The summed E-state index contributed by atoms with van der Waals surface area (Å²) in [6, 6.07) is 9.69. The number of rotatable bonds is 8. The Hall–Kier alpha value is -1.00. The molecule has 0 aliphatic rings. The maximum Gasteiger partial charge on any atom is 0.221 e. The van der Waals surface area contributed by atoms with E-state index in [0.717, 1.165) is 17.1 Å². The highest BCUT2D eigenvalue weighted by Crippen LogP contribution is 2.16. The van der Waals surface area contributed by atoms with E-state index in [1.54, 1.807) is 11.8 Å². The highest BCUT2D eigenvalue weighted by Gasteiger charge is 2.13. The van der Waals surface area contributed by atoms with E-state index < -0.39 is 0 Å². The van der Waals surface area contributed by atoms with Crippen molar-refractivity contribution in [2.24, 2.45) is 0 Å². The molecule has 18 heavy (non-hydrogen) atoms. The highest BCUT2D eigenvalue weighted by molar-refractivity contribution is 7.99. The molecule has 3 nitrogen and oxygen atoms in total. The first-order valence-corrected chi connectivity index (χ1v) is 7.46. The molecule has 0 saturated carbocycles. The fourth-order valence-electron chi connectivity index (χ4n) is 1.71. The highest BCUT2D eigenvalue weighted by atomic mass is 32.2. The van der Waals surface area contributed by atoms with E-state index in [4.69, 9.17) is 5.11 Å². The lowest BCUT2D eigenvalue weighted by atomic mass is 10.0. The second-order valence-corrected chi connectivity index (χ2v) is 5.38. The molecular formula is C14H21NO2S. The molecule has 1 aromatic carbocycles. The van der Waals surface area contributed by atoms with E-state index in [1.165, 1.54) is 0 Å². The number of nitrogens with one attached hydrogen (secondary N) is 1. The van der Waals surface area contributed by atoms with Crippen LogP contribution in [0.2, 0.25) is 0 Å². The van der Waals surface area contributed by atoms with E-state index in [-0.39, 0.29) is 18.6 Å². The van der Waals surface area contributed by atoms with Crippen molar-refractivity contribution in [3.63, 3.8) is 0 Å². The Balaban J connectivity index is 2.50. The van der Waals surface area contributed by atoms with Gasteiger partial charge in [-0.3, -0.25) is 4.79 Å². The lowest BCUT2D eigenvalue weighted by molar-refractivity contribution is -0.121. The van der Waals surface area contributed by atoms with Crippen molar-refractivity contribution in [3.05, 3.63) is 35.9 Å². The molecule has 1 atom stereocenters. The molecule has 0 saturated heterocycles. The molecule has 0 aliphatic heterocycles. The smallest absolute Gasteiger partial charge is 0.221 e. The molecule has 1 amide bonds. The van der Waals surface area contributed by atoms with Gasteiger partial charge in [-0.25, -0.2) is 0 Å². The van der Waals surface area contributed by atoms with Crippen LogP contribution >= 0.6 is 11.8 Å². The number of benzene rings is 1. The second-order valence-electron chi connectivity index (χ2n) is 3.99. The van der Waals surface area contributed by atoms with E-state index in [0.29, 0.717) is 12.8 Å². The fraction of sp³-hybridized carbons (Fsp3) is 0.500. The van der Waals surface area contributed by atoms with Gasteiger partial charge in [0.1, 0.15) is 0 Å². The molecule has 0 aromatic heterocycles. The number of aliphatic hydroxyl groups is 1. The van der Waals surface area contributed by atoms with Crippen molar-refractivity contribution in [1.82, 2.24) is 5.32 Å². The van der Waals surface area contributed by atoms with Gasteiger partial charge in [0.2, 0.25) is 5.91 Å². The lowest BCUT2D eigenvalue weighted by Gasteiger charge is -2.18. The molecule has 2 N–H and O–H groups in total. The Bertz CT molecular complexity index is 343. The van der Waals surface area contributed by atoms with Gasteiger partial charge < -0.3 is 10.4 Å². The van der Waals surface area contributed by atoms with Crippen LogP contribution in [0.25, 0.3) is 0 Å². The van der Waals surface area contributed by atoms with E-state index in [9.17, 15) is 4.79 Å². The number of carbonyl (C=O) groups excluding carboxylic acids is 1. The average Bonchev–Trinajstić information content (AvgIpc) is 2.39. The minimum Gasteiger partial charge on any atom is -0.396 e. The summed E-state index contributed by atoms with van der Waals surface area (Å²) in [5, 5.41) is 12.1. The summed E-state index contributed by atoms with van der Waals surface area (Å²) in [5.41, 5.74) is 1.04. The van der Waals surface area contributed by atoms with Gasteiger partial charge in [0.15, 0.2) is 0 Å². The van der Waals surface area contributed by atoms with Gasteiger partial charge in [-0.05, 0) is 17.7 Å². The molecule has 0 fully saturated rings. The number of aliphatic hydroxyl groups excluding tert-OH is 1. The zero-order valence-electron chi connectivity index (χ0n) is 10.8. The summed E-state index contributed by atoms with van der Waals surface area (Å²) in [4.78, 5) is 11.8. The van der Waals surface area contributed by atoms with Gasteiger partial charge in [-0.2, -0.15) is 11.8 Å². The maximum absolute atomic E-state index is 11.8. The zero-order valence-corrected chi connectivity index (χ0v) is 11.6. The molecule has 0 aliphatic carbocycles. The monoisotopic (exact) mass is 267 g/mol. The van der Waals surface area contributed by atoms with Crippen molar-refractivity contribution in [1.29, 1.82) is 0 Å². The third kappa shape index (κ3) is 5.56. The second kappa shape index (κ2) is 9.00. The third-order valence-electron chi connectivity index (χ3n) is 2.63. The Morgan fingerprint density at radius 1 is 1.39 bits per heavy atom. The number of hydrogen-bond acceptors (Lipinski definition) is 3. The minimum atomic E-state index is -0.0877. The number of thioether (sulfide) groups is 1. The predicted octanol–water partition coefficient (Wildman–Crippen LogP) is 2.37. The topological polar surface area (TPSA) is 49.3 Å². The Morgan fingerprint density at radius 2 is 2.11 bits per heavy atom. The molecule has 0 bridgehead atoms. The van der Waals surface area contributed by atoms with Gasteiger partial charge >= 0.3 is 0 Å². The van der Waals surface area contributed by atoms with Crippen LogP contribution in [0, 0.1) is 0 Å². The Kier molecular flexibility index (Phi) is 7.53. The molecule has 1 rings (SSSR count). The van der Waals surface area contributed by atoms with Crippen molar-refractivity contribution in [3.8, 4) is 0 Å². The van der Waals surface area contributed by atoms with Crippen molar-refractivity contribution < 1.29 is 9.90 Å². The standard InChI is InChI=1S/C14H21NO2S/c1-2-18-11-9-14(17)15-13(8-10-16)12-6-4-3-5-7-12/h3-7,13,16H,2,8-11H2,1H3,(H,15,17). The Morgan fingerprint density at radius 3 is 2.72 bits per heavy atom. The molecule has 1 unspecified atom stereocenters. The molecule has 0 heterocycles. The fourth-order valence-corrected chi connectivity index (χ4v) is 2.33. The van der Waals surface area contributed by atoms with Crippen LogP contribution in [0.4, 0.5) is 0 Å². The van der Waals surface area contributed by atoms with Crippen molar-refractivity contribution in [2.75, 3.05) is 18.1 Å². The average molecular weight is 267 g/mol. The molecule has 1 aromatic rings. The number of amides is 1. The molecule has 100 valence electrons. The molecule has 4 heteroatoms. The van der Waals surface area contributed by atoms with E-state index >= 15 is 0 Å². The summed E-state index contributed by atoms with van der Waals surface area (Å²) >= 11 is 1.76. The minimum absolute atomic E-state index is 0.0539. The predicted molar refractivity (Wildman–Crippen MR) is 76.6 cm³/mol. The quantitative estimate of drug-likeness (QED) is 0.711. The zero-order chi connectivity index (χ0) is 13.2. The summed E-state index contributed by atoms with van der Waals surface area (Å²) in [7, 11) is 0. The van der Waals surface area contributed by atoms with Gasteiger partial charge in [-0.15, -0.1) is 0 Å². The third-order valence-corrected chi connectivity index (χ3v) is 3.53. The molecule has 0 radical (unpaired) electrons. The first kappa shape index (κ1) is 15.1. The normalized spacial score (nSPS) is 12.1. The Labute approximate surface area is 113 Å². The molecular weight excluding hydrogens is 246 g/mol. The SMILES string of the molecule is CCSCCC(=O)NC(CCO)c1ccccc1. The summed E-state index contributed by atoms with van der Waals surface area (Å²) in [5.74, 6) is 1.94. The largest absolute Gasteiger partial charge is 0.396 e. The van der Waals surface area contributed by atoms with E-state index in [1.807, 2.05) is 30.3 Å². The van der Waals surface area contributed by atoms with Crippen LogP contribution in [0.1, 0.15) is 31.4 Å². The van der Waals surface area contributed by atoms with Gasteiger partial charge in [0.05, 0.1) is 6.04 Å². The van der Waals surface area contributed by atoms with Gasteiger partial charge in [-0.1, -0.05) is 37.3 Å². The van der Waals surface area contributed by atoms with Crippen LogP contribution in [-0.2, 0) is 4.79 Å². The first-order chi connectivity index (χ1) is 8.77. The summed E-state index contributed by atoms with van der Waals surface area (Å²) in [6.45, 7) is 2.16. The van der Waals surface area contributed by atoms with Crippen molar-refractivity contribution in [2.45, 2.75) is 25.8 Å². The first-order valence-electron chi connectivity index (χ1n) is 6.30. The van der Waals surface area contributed by atoms with Crippen LogP contribution in [0.15, 0.2) is 30.3 Å². The van der Waals surface area contributed by atoms with Gasteiger partial charge in [0, 0.05) is 18.8 Å². The lowest BCUT2D eigenvalue weighted by Crippen LogP contribution is -2.29. The van der Waals surface area contributed by atoms with Crippen LogP contribution in [-0.4, -0.2) is 29.1 Å². The van der Waals surface area contributed by atoms with Crippen LogP contribution in [0.3, 0.4) is 0 Å². The summed E-state index contributed by atoms with van der Waals surface area (Å²) < 4.78 is 0. The van der Waals surface area contributed by atoms with Crippen molar-refractivity contribution >= 4 is 17.7 Å². The van der Waals surface area contributed by atoms with Crippen LogP contribution < -0.4 is 5.32 Å². The number of hydrogen-bond donors (Lipinski definition) is 2. The van der Waals surface area contributed by atoms with Crippen LogP contribution in [0.5, 0.6) is 0 Å². The number of carbonyl (C=O) groups is 1. The maximum atomic E-state index is 11.8.